The Morgan fingerprint density at radius 3 is 3.05 bits per heavy atom. The predicted octanol–water partition coefficient (Wildman–Crippen LogP) is 2.23. The topological polar surface area (TPSA) is 72.7 Å². The molecule has 2 aromatic heterocycles. The molecule has 0 spiro atoms. The highest BCUT2D eigenvalue weighted by Gasteiger charge is 2.17. The van der Waals surface area contributed by atoms with Crippen molar-refractivity contribution in [2.45, 2.75) is 32.9 Å². The molecule has 7 heteroatoms. The monoisotopic (exact) mass is 293 g/mol. The molecule has 0 aliphatic carbocycles. The summed E-state index contributed by atoms with van der Waals surface area (Å²) >= 11 is 5.95. The van der Waals surface area contributed by atoms with E-state index in [9.17, 15) is 4.79 Å². The van der Waals surface area contributed by atoms with Crippen LogP contribution in [0.15, 0.2) is 24.8 Å². The van der Waals surface area contributed by atoms with E-state index in [4.69, 9.17) is 11.6 Å². The molecule has 6 nitrogen and oxygen atoms in total. The lowest BCUT2D eigenvalue weighted by Crippen LogP contribution is -2.29. The molecule has 0 saturated carbocycles. The third kappa shape index (κ3) is 3.14. The van der Waals surface area contributed by atoms with Gasteiger partial charge in [0.05, 0.1) is 16.6 Å². The van der Waals surface area contributed by atoms with Crippen LogP contribution in [0.1, 0.15) is 42.5 Å². The number of rotatable bonds is 5. The minimum atomic E-state index is -0.254. The number of hydrogen-bond donors (Lipinski definition) is 1. The lowest BCUT2D eigenvalue weighted by Gasteiger charge is -2.14. The minimum Gasteiger partial charge on any atom is -0.342 e. The SMILES string of the molecule is CCCn1cnnc1[C@@H](C)NC(=O)c1ccncc1Cl. The van der Waals surface area contributed by atoms with Crippen LogP contribution < -0.4 is 5.32 Å². The van der Waals surface area contributed by atoms with Crippen LogP contribution in [0.25, 0.3) is 0 Å². The van der Waals surface area contributed by atoms with Crippen molar-refractivity contribution in [3.63, 3.8) is 0 Å². The first kappa shape index (κ1) is 14.5. The minimum absolute atomic E-state index is 0.249. The van der Waals surface area contributed by atoms with Crippen molar-refractivity contribution in [2.75, 3.05) is 0 Å². The number of aryl methyl sites for hydroxylation is 1. The molecule has 0 aromatic carbocycles. The van der Waals surface area contributed by atoms with Crippen molar-refractivity contribution in [3.05, 3.63) is 41.2 Å². The van der Waals surface area contributed by atoms with Crippen molar-refractivity contribution in [2.24, 2.45) is 0 Å². The molecule has 0 aliphatic rings. The fourth-order valence-corrected chi connectivity index (χ4v) is 2.12. The van der Waals surface area contributed by atoms with Gasteiger partial charge in [-0.2, -0.15) is 0 Å². The van der Waals surface area contributed by atoms with Crippen molar-refractivity contribution in [1.29, 1.82) is 0 Å². The molecule has 20 heavy (non-hydrogen) atoms. The molecule has 0 saturated heterocycles. The zero-order chi connectivity index (χ0) is 14.5. The van der Waals surface area contributed by atoms with E-state index in [0.29, 0.717) is 10.6 Å². The van der Waals surface area contributed by atoms with Gasteiger partial charge in [0.1, 0.15) is 6.33 Å². The summed E-state index contributed by atoms with van der Waals surface area (Å²) in [6, 6.07) is 1.34. The van der Waals surface area contributed by atoms with E-state index in [2.05, 4.69) is 27.4 Å². The Balaban J connectivity index is 2.11. The van der Waals surface area contributed by atoms with Gasteiger partial charge < -0.3 is 9.88 Å². The summed E-state index contributed by atoms with van der Waals surface area (Å²) < 4.78 is 1.93. The number of carbonyl (C=O) groups excluding carboxylic acids is 1. The Labute approximate surface area is 122 Å². The van der Waals surface area contributed by atoms with E-state index < -0.39 is 0 Å². The van der Waals surface area contributed by atoms with E-state index in [1.165, 1.54) is 12.4 Å². The maximum Gasteiger partial charge on any atom is 0.253 e. The standard InChI is InChI=1S/C13H16ClN5O/c1-3-6-19-8-16-18-12(19)9(2)17-13(20)10-4-5-15-7-11(10)14/h4-5,7-9H,3,6H2,1-2H3,(H,17,20)/t9-/m1/s1. The van der Waals surface area contributed by atoms with Gasteiger partial charge in [-0.3, -0.25) is 9.78 Å². The maximum atomic E-state index is 12.2. The fourth-order valence-electron chi connectivity index (χ4n) is 1.91. The van der Waals surface area contributed by atoms with Crippen molar-refractivity contribution in [3.8, 4) is 0 Å². The zero-order valence-electron chi connectivity index (χ0n) is 11.4. The van der Waals surface area contributed by atoms with Gasteiger partial charge in [0, 0.05) is 18.9 Å². The smallest absolute Gasteiger partial charge is 0.253 e. The first-order valence-electron chi connectivity index (χ1n) is 6.41. The number of amides is 1. The van der Waals surface area contributed by atoms with Crippen LogP contribution in [0.2, 0.25) is 5.02 Å². The molecule has 0 unspecified atom stereocenters. The van der Waals surface area contributed by atoms with Crippen molar-refractivity contribution in [1.82, 2.24) is 25.1 Å². The molecular weight excluding hydrogens is 278 g/mol. The quantitative estimate of drug-likeness (QED) is 0.917. The average molecular weight is 294 g/mol. The van der Waals surface area contributed by atoms with Gasteiger partial charge in [-0.15, -0.1) is 10.2 Å². The van der Waals surface area contributed by atoms with E-state index in [0.717, 1.165) is 18.8 Å². The summed E-state index contributed by atoms with van der Waals surface area (Å²) in [5.41, 5.74) is 0.398. The lowest BCUT2D eigenvalue weighted by molar-refractivity contribution is 0.0937. The van der Waals surface area contributed by atoms with Crippen LogP contribution in [-0.4, -0.2) is 25.7 Å². The Hall–Kier alpha value is -1.95. The van der Waals surface area contributed by atoms with Crippen LogP contribution in [0.3, 0.4) is 0 Å². The van der Waals surface area contributed by atoms with Gasteiger partial charge in [0.25, 0.3) is 5.91 Å². The maximum absolute atomic E-state index is 12.2. The fraction of sp³-hybridized carbons (Fsp3) is 0.385. The molecule has 106 valence electrons. The largest absolute Gasteiger partial charge is 0.342 e. The molecule has 2 rings (SSSR count). The number of nitrogens with one attached hydrogen (secondary N) is 1. The molecular formula is C13H16ClN5O. The van der Waals surface area contributed by atoms with Crippen molar-refractivity contribution >= 4 is 17.5 Å². The van der Waals surface area contributed by atoms with Gasteiger partial charge in [-0.25, -0.2) is 0 Å². The van der Waals surface area contributed by atoms with Gasteiger partial charge >= 0.3 is 0 Å². The number of nitrogens with zero attached hydrogens (tertiary/aromatic N) is 4. The molecule has 1 atom stereocenters. The molecule has 0 bridgehead atoms. The summed E-state index contributed by atoms with van der Waals surface area (Å²) in [4.78, 5) is 16.0. The first-order valence-corrected chi connectivity index (χ1v) is 6.79. The number of hydrogen-bond acceptors (Lipinski definition) is 4. The lowest BCUT2D eigenvalue weighted by atomic mass is 10.2. The molecule has 1 amide bonds. The second kappa shape index (κ2) is 6.47. The molecule has 0 radical (unpaired) electrons. The third-order valence-corrected chi connectivity index (χ3v) is 3.16. The van der Waals surface area contributed by atoms with Crippen LogP contribution in [0.4, 0.5) is 0 Å². The number of pyridine rings is 1. The Morgan fingerprint density at radius 2 is 2.35 bits per heavy atom. The second-order valence-electron chi connectivity index (χ2n) is 4.43. The normalized spacial score (nSPS) is 12.2. The van der Waals surface area contributed by atoms with Gasteiger partial charge in [-0.1, -0.05) is 18.5 Å². The third-order valence-electron chi connectivity index (χ3n) is 2.86. The predicted molar refractivity (Wildman–Crippen MR) is 75.4 cm³/mol. The number of carbonyl (C=O) groups is 1. The molecule has 2 aromatic rings. The highest BCUT2D eigenvalue weighted by atomic mass is 35.5. The van der Waals surface area contributed by atoms with E-state index >= 15 is 0 Å². The van der Waals surface area contributed by atoms with Crippen LogP contribution in [-0.2, 0) is 6.54 Å². The van der Waals surface area contributed by atoms with Gasteiger partial charge in [-0.05, 0) is 19.4 Å². The van der Waals surface area contributed by atoms with Gasteiger partial charge in [0.15, 0.2) is 5.82 Å². The van der Waals surface area contributed by atoms with Crippen LogP contribution in [0.5, 0.6) is 0 Å². The summed E-state index contributed by atoms with van der Waals surface area (Å²) in [5.74, 6) is 0.473. The molecule has 1 N–H and O–H groups in total. The Kier molecular flexibility index (Phi) is 4.68. The van der Waals surface area contributed by atoms with E-state index in [1.807, 2.05) is 11.5 Å². The van der Waals surface area contributed by atoms with Crippen LogP contribution >= 0.6 is 11.6 Å². The highest BCUT2D eigenvalue weighted by Crippen LogP contribution is 2.16. The van der Waals surface area contributed by atoms with Crippen LogP contribution in [0, 0.1) is 0 Å². The molecule has 2 heterocycles. The first-order chi connectivity index (χ1) is 9.63. The summed E-state index contributed by atoms with van der Waals surface area (Å²) in [5, 5.41) is 11.1. The van der Waals surface area contributed by atoms with E-state index in [1.54, 1.807) is 12.4 Å². The number of halogens is 1. The second-order valence-corrected chi connectivity index (χ2v) is 4.84. The summed E-state index contributed by atoms with van der Waals surface area (Å²) in [6.07, 6.45) is 5.62. The highest BCUT2D eigenvalue weighted by molar-refractivity contribution is 6.33. The Morgan fingerprint density at radius 1 is 1.55 bits per heavy atom. The number of aromatic nitrogens is 4. The van der Waals surface area contributed by atoms with Gasteiger partial charge in [0.2, 0.25) is 0 Å². The van der Waals surface area contributed by atoms with E-state index in [-0.39, 0.29) is 11.9 Å². The summed E-state index contributed by atoms with van der Waals surface area (Å²) in [6.45, 7) is 4.76. The van der Waals surface area contributed by atoms with Crippen molar-refractivity contribution < 1.29 is 4.79 Å². The Bertz CT molecular complexity index is 598. The zero-order valence-corrected chi connectivity index (χ0v) is 12.1. The summed E-state index contributed by atoms with van der Waals surface area (Å²) in [7, 11) is 0. The molecule has 0 aliphatic heterocycles. The molecule has 0 fully saturated rings. The average Bonchev–Trinajstić information content (AvgIpc) is 2.88.